The van der Waals surface area contributed by atoms with E-state index < -0.39 is 0 Å². The second-order valence-corrected chi connectivity index (χ2v) is 7.44. The predicted molar refractivity (Wildman–Crippen MR) is 115 cm³/mol. The van der Waals surface area contributed by atoms with Crippen molar-refractivity contribution in [3.63, 3.8) is 0 Å². The van der Waals surface area contributed by atoms with Gasteiger partial charge in [-0.05, 0) is 58.8 Å². The fourth-order valence-electron chi connectivity index (χ4n) is 3.19. The Balaban J connectivity index is 1.55. The first-order chi connectivity index (χ1) is 14.2. The molecule has 5 nitrogen and oxygen atoms in total. The van der Waals surface area contributed by atoms with Crippen LogP contribution in [0.1, 0.15) is 15.2 Å². The van der Waals surface area contributed by atoms with E-state index in [1.54, 1.807) is 12.1 Å². The number of nitrogens with one attached hydrogen (secondary N) is 2. The van der Waals surface area contributed by atoms with Gasteiger partial charge in [0.05, 0.1) is 10.4 Å². The second kappa shape index (κ2) is 8.36. The lowest BCUT2D eigenvalue weighted by Crippen LogP contribution is -2.25. The molecule has 1 amide bonds. The van der Waals surface area contributed by atoms with Crippen LogP contribution in [-0.2, 0) is 6.42 Å². The standard InChI is InChI=1S/C22H19FN4OS/c1-24-21-17-12-15(5-7-19(17)26-13-27-21)14-4-6-18(23)16(11-14)8-9-25-22(28)20-3-2-10-29-20/h2-7,10-13H,8-9H2,1H3,(H,25,28)(H,24,26,27). The maximum Gasteiger partial charge on any atom is 0.261 e. The third-order valence-electron chi connectivity index (χ3n) is 4.68. The molecule has 0 bridgehead atoms. The van der Waals surface area contributed by atoms with Gasteiger partial charge in [-0.15, -0.1) is 11.3 Å². The number of hydrogen-bond donors (Lipinski definition) is 2. The number of carbonyl (C=O) groups excluding carboxylic acids is 1. The van der Waals surface area contributed by atoms with Gasteiger partial charge in [-0.1, -0.05) is 18.2 Å². The van der Waals surface area contributed by atoms with E-state index in [2.05, 4.69) is 20.6 Å². The van der Waals surface area contributed by atoms with Crippen molar-refractivity contribution in [1.29, 1.82) is 0 Å². The molecule has 2 N–H and O–H groups in total. The Bertz CT molecular complexity index is 1160. The lowest BCUT2D eigenvalue weighted by atomic mass is 10.00. The van der Waals surface area contributed by atoms with E-state index in [0.29, 0.717) is 23.4 Å². The summed E-state index contributed by atoms with van der Waals surface area (Å²) in [5.41, 5.74) is 3.26. The Labute approximate surface area is 171 Å². The van der Waals surface area contributed by atoms with Gasteiger partial charge in [0.2, 0.25) is 0 Å². The van der Waals surface area contributed by atoms with Crippen LogP contribution in [0.2, 0.25) is 0 Å². The number of thiophene rings is 1. The van der Waals surface area contributed by atoms with E-state index in [-0.39, 0.29) is 11.7 Å². The molecule has 0 aliphatic rings. The zero-order valence-electron chi connectivity index (χ0n) is 15.8. The molecule has 0 unspecified atom stereocenters. The normalized spacial score (nSPS) is 10.8. The van der Waals surface area contributed by atoms with Crippen molar-refractivity contribution in [1.82, 2.24) is 15.3 Å². The van der Waals surface area contributed by atoms with Gasteiger partial charge in [0.1, 0.15) is 18.0 Å². The van der Waals surface area contributed by atoms with Crippen molar-refractivity contribution in [3.8, 4) is 11.1 Å². The van der Waals surface area contributed by atoms with Crippen LogP contribution in [-0.4, -0.2) is 29.5 Å². The van der Waals surface area contributed by atoms with Crippen LogP contribution in [0.5, 0.6) is 0 Å². The summed E-state index contributed by atoms with van der Waals surface area (Å²) < 4.78 is 14.3. The van der Waals surface area contributed by atoms with Gasteiger partial charge in [0, 0.05) is 19.0 Å². The van der Waals surface area contributed by atoms with E-state index in [4.69, 9.17) is 0 Å². The Hall–Kier alpha value is -3.32. The molecule has 146 valence electrons. The molecule has 0 saturated heterocycles. The third-order valence-corrected chi connectivity index (χ3v) is 5.54. The lowest BCUT2D eigenvalue weighted by molar-refractivity contribution is 0.0958. The summed E-state index contributed by atoms with van der Waals surface area (Å²) in [6.07, 6.45) is 1.93. The van der Waals surface area contributed by atoms with E-state index in [1.807, 2.05) is 42.8 Å². The molecule has 0 spiro atoms. The zero-order valence-corrected chi connectivity index (χ0v) is 16.6. The third kappa shape index (κ3) is 4.09. The number of anilines is 1. The highest BCUT2D eigenvalue weighted by atomic mass is 32.1. The van der Waals surface area contributed by atoms with Gasteiger partial charge >= 0.3 is 0 Å². The van der Waals surface area contributed by atoms with Crippen molar-refractivity contribution in [2.45, 2.75) is 6.42 Å². The van der Waals surface area contributed by atoms with Crippen LogP contribution < -0.4 is 10.6 Å². The minimum Gasteiger partial charge on any atom is -0.373 e. The van der Waals surface area contributed by atoms with Gasteiger partial charge in [0.25, 0.3) is 5.91 Å². The molecule has 0 aliphatic heterocycles. The minimum atomic E-state index is -0.279. The van der Waals surface area contributed by atoms with E-state index in [1.165, 1.54) is 23.7 Å². The van der Waals surface area contributed by atoms with Crippen LogP contribution in [0.3, 0.4) is 0 Å². The fourth-order valence-corrected chi connectivity index (χ4v) is 3.83. The summed E-state index contributed by atoms with van der Waals surface area (Å²) in [7, 11) is 1.81. The molecular formula is C22H19FN4OS. The maximum absolute atomic E-state index is 14.3. The van der Waals surface area contributed by atoms with Gasteiger partial charge in [0.15, 0.2) is 0 Å². The van der Waals surface area contributed by atoms with Crippen LogP contribution in [0.25, 0.3) is 22.0 Å². The number of carbonyl (C=O) groups is 1. The molecule has 4 rings (SSSR count). The average Bonchev–Trinajstić information content (AvgIpc) is 3.29. The zero-order chi connectivity index (χ0) is 20.2. The molecule has 0 radical (unpaired) electrons. The average molecular weight is 406 g/mol. The molecule has 0 saturated carbocycles. The van der Waals surface area contributed by atoms with Crippen molar-refractivity contribution in [3.05, 3.63) is 76.5 Å². The van der Waals surface area contributed by atoms with Crippen molar-refractivity contribution in [2.24, 2.45) is 0 Å². The second-order valence-electron chi connectivity index (χ2n) is 6.49. The summed E-state index contributed by atoms with van der Waals surface area (Å²) >= 11 is 1.38. The fraction of sp³-hybridized carbons (Fsp3) is 0.136. The SMILES string of the molecule is CNc1ncnc2ccc(-c3ccc(F)c(CCNC(=O)c4cccs4)c3)cc12. The van der Waals surface area contributed by atoms with Gasteiger partial charge in [-0.2, -0.15) is 0 Å². The highest BCUT2D eigenvalue weighted by Gasteiger charge is 2.10. The first kappa shape index (κ1) is 19.0. The quantitative estimate of drug-likeness (QED) is 0.494. The van der Waals surface area contributed by atoms with Gasteiger partial charge < -0.3 is 10.6 Å². The molecule has 0 aliphatic carbocycles. The number of hydrogen-bond acceptors (Lipinski definition) is 5. The monoisotopic (exact) mass is 406 g/mol. The Morgan fingerprint density at radius 1 is 1.10 bits per heavy atom. The maximum atomic E-state index is 14.3. The molecule has 4 aromatic rings. The molecular weight excluding hydrogens is 387 g/mol. The topological polar surface area (TPSA) is 66.9 Å². The van der Waals surface area contributed by atoms with E-state index in [9.17, 15) is 9.18 Å². The van der Waals surface area contributed by atoms with Crippen LogP contribution in [0.15, 0.2) is 60.2 Å². The predicted octanol–water partition coefficient (Wildman–Crippen LogP) is 4.51. The van der Waals surface area contributed by atoms with Gasteiger partial charge in [-0.25, -0.2) is 14.4 Å². The van der Waals surface area contributed by atoms with Gasteiger partial charge in [-0.3, -0.25) is 4.79 Å². The van der Waals surface area contributed by atoms with Crippen LogP contribution in [0.4, 0.5) is 10.2 Å². The van der Waals surface area contributed by atoms with E-state index >= 15 is 0 Å². The summed E-state index contributed by atoms with van der Waals surface area (Å²) in [6, 6.07) is 14.5. The van der Waals surface area contributed by atoms with Crippen molar-refractivity contribution >= 4 is 34.0 Å². The van der Waals surface area contributed by atoms with Crippen molar-refractivity contribution in [2.75, 3.05) is 18.9 Å². The smallest absolute Gasteiger partial charge is 0.261 e. The molecule has 2 heterocycles. The minimum absolute atomic E-state index is 0.134. The number of rotatable bonds is 6. The number of benzene rings is 2. The number of fused-ring (bicyclic) bond motifs is 1. The summed E-state index contributed by atoms with van der Waals surface area (Å²) in [4.78, 5) is 21.2. The first-order valence-electron chi connectivity index (χ1n) is 9.19. The Morgan fingerprint density at radius 3 is 2.72 bits per heavy atom. The number of nitrogens with zero attached hydrogens (tertiary/aromatic N) is 2. The van der Waals surface area contributed by atoms with E-state index in [0.717, 1.165) is 27.8 Å². The summed E-state index contributed by atoms with van der Waals surface area (Å²) in [6.45, 7) is 0.368. The molecule has 2 aromatic carbocycles. The molecule has 7 heteroatoms. The van der Waals surface area contributed by atoms with Crippen LogP contribution in [0, 0.1) is 5.82 Å². The highest BCUT2D eigenvalue weighted by Crippen LogP contribution is 2.28. The highest BCUT2D eigenvalue weighted by molar-refractivity contribution is 7.12. The Kier molecular flexibility index (Phi) is 5.48. The number of halogens is 1. The summed E-state index contributed by atoms with van der Waals surface area (Å²) in [5.74, 6) is 0.334. The lowest BCUT2D eigenvalue weighted by Gasteiger charge is -2.10. The number of aromatic nitrogens is 2. The number of amides is 1. The van der Waals surface area contributed by atoms with Crippen molar-refractivity contribution < 1.29 is 9.18 Å². The molecule has 29 heavy (non-hydrogen) atoms. The first-order valence-corrected chi connectivity index (χ1v) is 10.1. The van der Waals surface area contributed by atoms with Crippen LogP contribution >= 0.6 is 11.3 Å². The molecule has 2 aromatic heterocycles. The summed E-state index contributed by atoms with van der Waals surface area (Å²) in [5, 5.41) is 8.67. The largest absolute Gasteiger partial charge is 0.373 e. The molecule has 0 atom stereocenters. The Morgan fingerprint density at radius 2 is 1.93 bits per heavy atom. The molecule has 0 fully saturated rings.